The third-order valence-corrected chi connectivity index (χ3v) is 2.29. The average molecular weight is 175 g/mol. The summed E-state index contributed by atoms with van der Waals surface area (Å²) in [6.07, 6.45) is 0. The van der Waals surface area contributed by atoms with Crippen molar-refractivity contribution in [3.8, 4) is 0 Å². The van der Waals surface area contributed by atoms with Gasteiger partial charge in [0.1, 0.15) is 0 Å². The molecule has 2 N–H and O–H groups in total. The Morgan fingerprint density at radius 1 is 1.00 bits per heavy atom. The first-order chi connectivity index (χ1) is 5.79. The van der Waals surface area contributed by atoms with E-state index in [2.05, 4.69) is 12.6 Å². The van der Waals surface area contributed by atoms with Gasteiger partial charge in [-0.25, -0.2) is 0 Å². The van der Waals surface area contributed by atoms with Crippen molar-refractivity contribution in [1.82, 2.24) is 0 Å². The van der Waals surface area contributed by atoms with Gasteiger partial charge in [-0.3, -0.25) is 0 Å². The van der Waals surface area contributed by atoms with Crippen LogP contribution in [0, 0.1) is 0 Å². The lowest BCUT2D eigenvalue weighted by atomic mass is 10.1. The summed E-state index contributed by atoms with van der Waals surface area (Å²) >= 11 is 4.34. The fourth-order valence-corrected chi connectivity index (χ4v) is 1.69. The molecule has 0 atom stereocenters. The number of rotatable bonds is 0. The summed E-state index contributed by atoms with van der Waals surface area (Å²) < 4.78 is 0. The zero-order chi connectivity index (χ0) is 8.55. The van der Waals surface area contributed by atoms with Crippen molar-refractivity contribution in [3.05, 3.63) is 36.4 Å². The van der Waals surface area contributed by atoms with Crippen molar-refractivity contribution >= 4 is 29.1 Å². The topological polar surface area (TPSA) is 26.0 Å². The Hall–Kier alpha value is -1.15. The first-order valence-electron chi connectivity index (χ1n) is 3.75. The van der Waals surface area contributed by atoms with Gasteiger partial charge in [0.05, 0.1) is 0 Å². The molecule has 0 radical (unpaired) electrons. The van der Waals surface area contributed by atoms with Gasteiger partial charge in [-0.1, -0.05) is 24.3 Å². The molecule has 60 valence electrons. The van der Waals surface area contributed by atoms with Crippen LogP contribution >= 0.6 is 12.6 Å². The van der Waals surface area contributed by atoms with Gasteiger partial charge in [0.15, 0.2) is 0 Å². The number of nitrogen functional groups attached to an aromatic ring is 1. The van der Waals surface area contributed by atoms with Crippen LogP contribution in [0.1, 0.15) is 0 Å². The summed E-state index contributed by atoms with van der Waals surface area (Å²) in [7, 11) is 0. The zero-order valence-corrected chi connectivity index (χ0v) is 7.38. The van der Waals surface area contributed by atoms with E-state index >= 15 is 0 Å². The Morgan fingerprint density at radius 2 is 1.67 bits per heavy atom. The second kappa shape index (κ2) is 2.72. The van der Waals surface area contributed by atoms with Gasteiger partial charge < -0.3 is 5.73 Å². The monoisotopic (exact) mass is 175 g/mol. The van der Waals surface area contributed by atoms with E-state index in [1.165, 1.54) is 0 Å². The maximum absolute atomic E-state index is 5.81. The van der Waals surface area contributed by atoms with Crippen LogP contribution in [0.25, 0.3) is 10.8 Å². The van der Waals surface area contributed by atoms with Crippen LogP contribution in [-0.2, 0) is 0 Å². The number of hydrogen-bond donors (Lipinski definition) is 2. The van der Waals surface area contributed by atoms with Crippen LogP contribution in [-0.4, -0.2) is 0 Å². The minimum atomic E-state index is 0.790. The lowest BCUT2D eigenvalue weighted by Crippen LogP contribution is -1.86. The van der Waals surface area contributed by atoms with Gasteiger partial charge in [-0.2, -0.15) is 0 Å². The fourth-order valence-electron chi connectivity index (χ4n) is 1.35. The first-order valence-corrected chi connectivity index (χ1v) is 4.20. The number of hydrogen-bond acceptors (Lipinski definition) is 2. The normalized spacial score (nSPS) is 10.4. The molecule has 0 spiro atoms. The predicted octanol–water partition coefficient (Wildman–Crippen LogP) is 2.71. The maximum atomic E-state index is 5.81. The molecule has 0 saturated heterocycles. The first kappa shape index (κ1) is 7.50. The van der Waals surface area contributed by atoms with E-state index in [1.54, 1.807) is 0 Å². The summed E-state index contributed by atoms with van der Waals surface area (Å²) in [6, 6.07) is 11.8. The molecule has 0 saturated carbocycles. The van der Waals surface area contributed by atoms with Gasteiger partial charge >= 0.3 is 0 Å². The van der Waals surface area contributed by atoms with Crippen LogP contribution in [0.4, 0.5) is 5.69 Å². The van der Waals surface area contributed by atoms with E-state index in [9.17, 15) is 0 Å². The quantitative estimate of drug-likeness (QED) is 0.467. The number of fused-ring (bicyclic) bond motifs is 1. The molecule has 0 unspecified atom stereocenters. The Kier molecular flexibility index (Phi) is 1.70. The summed E-state index contributed by atoms with van der Waals surface area (Å²) in [5.41, 5.74) is 6.60. The van der Waals surface area contributed by atoms with E-state index in [0.717, 1.165) is 21.4 Å². The molecule has 2 rings (SSSR count). The van der Waals surface area contributed by atoms with E-state index in [1.807, 2.05) is 36.4 Å². The third kappa shape index (κ3) is 1.04. The van der Waals surface area contributed by atoms with Crippen LogP contribution < -0.4 is 5.73 Å². The Balaban J connectivity index is 2.96. The zero-order valence-electron chi connectivity index (χ0n) is 6.49. The number of nitrogens with two attached hydrogens (primary N) is 1. The van der Waals surface area contributed by atoms with Crippen LogP contribution in [0.3, 0.4) is 0 Å². The molecule has 0 aliphatic rings. The SMILES string of the molecule is Nc1cccc2cccc(S)c12. The largest absolute Gasteiger partial charge is 0.398 e. The summed E-state index contributed by atoms with van der Waals surface area (Å²) in [5.74, 6) is 0. The number of thiol groups is 1. The molecular formula is C10H9NS. The van der Waals surface area contributed by atoms with E-state index in [-0.39, 0.29) is 0 Å². The smallest absolute Gasteiger partial charge is 0.0404 e. The van der Waals surface area contributed by atoms with Gasteiger partial charge in [-0.15, -0.1) is 12.6 Å². The molecule has 0 heterocycles. The Labute approximate surface area is 76.6 Å². The van der Waals surface area contributed by atoms with E-state index < -0.39 is 0 Å². The average Bonchev–Trinajstić information content (AvgIpc) is 2.04. The summed E-state index contributed by atoms with van der Waals surface area (Å²) in [5, 5.41) is 2.19. The molecule has 12 heavy (non-hydrogen) atoms. The molecule has 2 heteroatoms. The van der Waals surface area contributed by atoms with Gasteiger partial charge in [-0.05, 0) is 17.5 Å². The van der Waals surface area contributed by atoms with Crippen molar-refractivity contribution in [3.63, 3.8) is 0 Å². The molecule has 0 bridgehead atoms. The van der Waals surface area contributed by atoms with Crippen LogP contribution in [0.5, 0.6) is 0 Å². The van der Waals surface area contributed by atoms with E-state index in [0.29, 0.717) is 0 Å². The molecule has 0 fully saturated rings. The molecule has 0 aliphatic heterocycles. The van der Waals surface area contributed by atoms with Crippen LogP contribution in [0.15, 0.2) is 41.3 Å². The van der Waals surface area contributed by atoms with Crippen molar-refractivity contribution in [2.45, 2.75) is 4.90 Å². The number of benzene rings is 2. The highest BCUT2D eigenvalue weighted by molar-refractivity contribution is 7.80. The lowest BCUT2D eigenvalue weighted by molar-refractivity contribution is 1.56. The van der Waals surface area contributed by atoms with Crippen molar-refractivity contribution in [2.75, 3.05) is 5.73 Å². The Morgan fingerprint density at radius 3 is 2.33 bits per heavy atom. The molecular weight excluding hydrogens is 166 g/mol. The van der Waals surface area contributed by atoms with Crippen LogP contribution in [0.2, 0.25) is 0 Å². The molecule has 0 aliphatic carbocycles. The molecule has 0 amide bonds. The fraction of sp³-hybridized carbons (Fsp3) is 0. The standard InChI is InChI=1S/C10H9NS/c11-8-5-1-3-7-4-2-6-9(12)10(7)8/h1-6,12H,11H2. The molecule has 2 aromatic carbocycles. The van der Waals surface area contributed by atoms with Gasteiger partial charge in [0, 0.05) is 16.0 Å². The minimum Gasteiger partial charge on any atom is -0.398 e. The maximum Gasteiger partial charge on any atom is 0.0404 e. The van der Waals surface area contributed by atoms with Crippen molar-refractivity contribution in [2.24, 2.45) is 0 Å². The highest BCUT2D eigenvalue weighted by atomic mass is 32.1. The highest BCUT2D eigenvalue weighted by Gasteiger charge is 1.99. The highest BCUT2D eigenvalue weighted by Crippen LogP contribution is 2.26. The lowest BCUT2D eigenvalue weighted by Gasteiger charge is -2.03. The summed E-state index contributed by atoms with van der Waals surface area (Å²) in [4.78, 5) is 0.936. The Bertz CT molecular complexity index is 386. The van der Waals surface area contributed by atoms with Crippen molar-refractivity contribution in [1.29, 1.82) is 0 Å². The second-order valence-electron chi connectivity index (χ2n) is 2.72. The van der Waals surface area contributed by atoms with E-state index in [4.69, 9.17) is 5.73 Å². The summed E-state index contributed by atoms with van der Waals surface area (Å²) in [6.45, 7) is 0. The van der Waals surface area contributed by atoms with Gasteiger partial charge in [0.2, 0.25) is 0 Å². The van der Waals surface area contributed by atoms with Gasteiger partial charge in [0.25, 0.3) is 0 Å². The minimum absolute atomic E-state index is 0.790. The predicted molar refractivity (Wildman–Crippen MR) is 55.6 cm³/mol. The third-order valence-electron chi connectivity index (χ3n) is 1.91. The molecule has 1 nitrogen and oxygen atoms in total. The second-order valence-corrected chi connectivity index (χ2v) is 3.20. The molecule has 0 aromatic heterocycles. The van der Waals surface area contributed by atoms with Crippen molar-refractivity contribution < 1.29 is 0 Å². The molecule has 2 aromatic rings. The number of anilines is 1.